The number of rotatable bonds is 5. The quantitative estimate of drug-likeness (QED) is 0.908. The Morgan fingerprint density at radius 1 is 1.35 bits per heavy atom. The number of aryl methyl sites for hydroxylation is 2. The molecule has 17 heavy (non-hydrogen) atoms. The maximum atomic E-state index is 9.84. The van der Waals surface area contributed by atoms with Gasteiger partial charge in [0.15, 0.2) is 0 Å². The molecule has 0 aliphatic carbocycles. The Bertz CT molecular complexity index is 364. The molecule has 2 unspecified atom stereocenters. The van der Waals surface area contributed by atoms with Gasteiger partial charge < -0.3 is 5.11 Å². The molecule has 1 heterocycles. The number of halogens is 1. The van der Waals surface area contributed by atoms with E-state index >= 15 is 0 Å². The molecule has 0 aliphatic rings. The van der Waals surface area contributed by atoms with Crippen molar-refractivity contribution in [2.75, 3.05) is 0 Å². The first-order valence-corrected chi connectivity index (χ1v) is 7.06. The van der Waals surface area contributed by atoms with E-state index < -0.39 is 0 Å². The summed E-state index contributed by atoms with van der Waals surface area (Å²) in [4.78, 5) is 0. The molecule has 98 valence electrons. The number of aromatic nitrogens is 2. The summed E-state index contributed by atoms with van der Waals surface area (Å²) < 4.78 is 3.04. The van der Waals surface area contributed by atoms with Crippen LogP contribution in [0.3, 0.4) is 0 Å². The first-order valence-electron chi connectivity index (χ1n) is 6.26. The Morgan fingerprint density at radius 2 is 1.94 bits per heavy atom. The number of nitrogens with zero attached hydrogens (tertiary/aromatic N) is 2. The lowest BCUT2D eigenvalue weighted by Gasteiger charge is -2.23. The molecule has 4 heteroatoms. The predicted molar refractivity (Wildman–Crippen MR) is 74.0 cm³/mol. The van der Waals surface area contributed by atoms with Crippen LogP contribution in [-0.2, 0) is 19.9 Å². The Hall–Kier alpha value is -0.350. The second kappa shape index (κ2) is 6.01. The third kappa shape index (κ3) is 3.32. The van der Waals surface area contributed by atoms with Gasteiger partial charge in [-0.1, -0.05) is 20.8 Å². The zero-order valence-corrected chi connectivity index (χ0v) is 13.0. The van der Waals surface area contributed by atoms with Crippen molar-refractivity contribution in [1.82, 2.24) is 9.78 Å². The number of aliphatic hydroxyl groups excluding tert-OH is 1. The van der Waals surface area contributed by atoms with Crippen LogP contribution in [0, 0.1) is 11.8 Å². The molecule has 0 saturated carbocycles. The summed E-state index contributed by atoms with van der Waals surface area (Å²) in [6, 6.07) is 0. The topological polar surface area (TPSA) is 38.0 Å². The molecule has 0 saturated heterocycles. The van der Waals surface area contributed by atoms with Gasteiger partial charge in [0.1, 0.15) is 0 Å². The van der Waals surface area contributed by atoms with E-state index in [1.54, 1.807) is 0 Å². The number of aliphatic hydroxyl groups is 1. The predicted octanol–water partition coefficient (Wildman–Crippen LogP) is 2.94. The summed E-state index contributed by atoms with van der Waals surface area (Å²) in [7, 11) is 1.97. The average Bonchev–Trinajstić information content (AvgIpc) is 2.50. The molecular weight excluding hydrogens is 280 g/mol. The summed E-state index contributed by atoms with van der Waals surface area (Å²) in [5.41, 5.74) is 2.28. The maximum Gasteiger partial charge on any atom is 0.0766 e. The second-order valence-electron chi connectivity index (χ2n) is 5.04. The Kier molecular flexibility index (Phi) is 5.20. The summed E-state index contributed by atoms with van der Waals surface area (Å²) in [5, 5.41) is 14.3. The third-order valence-corrected chi connectivity index (χ3v) is 4.32. The molecule has 3 nitrogen and oxygen atoms in total. The van der Waals surface area contributed by atoms with Gasteiger partial charge in [-0.2, -0.15) is 5.10 Å². The van der Waals surface area contributed by atoms with Gasteiger partial charge in [-0.3, -0.25) is 4.68 Å². The highest BCUT2D eigenvalue weighted by molar-refractivity contribution is 9.10. The third-order valence-electron chi connectivity index (χ3n) is 3.41. The molecule has 0 radical (unpaired) electrons. The van der Waals surface area contributed by atoms with Crippen LogP contribution in [0.15, 0.2) is 4.47 Å². The Labute approximate surface area is 112 Å². The van der Waals surface area contributed by atoms with E-state index in [1.165, 1.54) is 5.69 Å². The van der Waals surface area contributed by atoms with E-state index in [2.05, 4.69) is 41.8 Å². The van der Waals surface area contributed by atoms with Crippen molar-refractivity contribution in [3.63, 3.8) is 0 Å². The molecule has 0 fully saturated rings. The highest BCUT2D eigenvalue weighted by Crippen LogP contribution is 2.27. The monoisotopic (exact) mass is 302 g/mol. The number of hydrogen-bond acceptors (Lipinski definition) is 2. The van der Waals surface area contributed by atoms with Crippen LogP contribution in [0.5, 0.6) is 0 Å². The fourth-order valence-electron chi connectivity index (χ4n) is 2.23. The average molecular weight is 303 g/mol. The van der Waals surface area contributed by atoms with Crippen molar-refractivity contribution < 1.29 is 5.11 Å². The molecular formula is C13H23BrN2O. The first-order chi connectivity index (χ1) is 7.88. The van der Waals surface area contributed by atoms with Crippen molar-refractivity contribution in [3.05, 3.63) is 15.9 Å². The van der Waals surface area contributed by atoms with Crippen LogP contribution in [0.2, 0.25) is 0 Å². The molecule has 1 N–H and O–H groups in total. The van der Waals surface area contributed by atoms with Gasteiger partial charge in [0.2, 0.25) is 0 Å². The van der Waals surface area contributed by atoms with Gasteiger partial charge in [-0.05, 0) is 47.5 Å². The lowest BCUT2D eigenvalue weighted by molar-refractivity contribution is 0.0964. The molecule has 1 rings (SSSR count). The second-order valence-corrected chi connectivity index (χ2v) is 5.83. The molecule has 0 amide bonds. The van der Waals surface area contributed by atoms with Crippen LogP contribution >= 0.6 is 15.9 Å². The fourth-order valence-corrected chi connectivity index (χ4v) is 3.01. The van der Waals surface area contributed by atoms with E-state index in [9.17, 15) is 5.11 Å². The molecule has 0 aromatic carbocycles. The summed E-state index contributed by atoms with van der Waals surface area (Å²) in [5.74, 6) is 0.730. The summed E-state index contributed by atoms with van der Waals surface area (Å²) >= 11 is 3.62. The SMILES string of the molecule is CCc1nn(C)c(CC(C(C)C)C(C)O)c1Br. The number of hydrogen-bond donors (Lipinski definition) is 1. The molecule has 0 aliphatic heterocycles. The Balaban J connectivity index is 2.97. The zero-order chi connectivity index (χ0) is 13.2. The van der Waals surface area contributed by atoms with Gasteiger partial charge in [0.25, 0.3) is 0 Å². The minimum absolute atomic E-state index is 0.270. The molecule has 0 spiro atoms. The molecule has 2 atom stereocenters. The van der Waals surface area contributed by atoms with Gasteiger partial charge in [-0.25, -0.2) is 0 Å². The highest BCUT2D eigenvalue weighted by Gasteiger charge is 2.23. The van der Waals surface area contributed by atoms with Crippen molar-refractivity contribution >= 4 is 15.9 Å². The standard InChI is InChI=1S/C13H23BrN2O/c1-6-11-13(14)12(16(5)15-11)7-10(8(2)3)9(4)17/h8-10,17H,6-7H2,1-5H3. The normalized spacial score (nSPS) is 15.3. The minimum atomic E-state index is -0.290. The molecule has 0 bridgehead atoms. The first kappa shape index (κ1) is 14.7. The van der Waals surface area contributed by atoms with Crippen LogP contribution in [0.4, 0.5) is 0 Å². The Morgan fingerprint density at radius 3 is 2.29 bits per heavy atom. The van der Waals surface area contributed by atoms with E-state index in [0.29, 0.717) is 5.92 Å². The lowest BCUT2D eigenvalue weighted by Crippen LogP contribution is -2.25. The van der Waals surface area contributed by atoms with Crippen molar-refractivity contribution in [2.24, 2.45) is 18.9 Å². The van der Waals surface area contributed by atoms with Gasteiger partial charge >= 0.3 is 0 Å². The molecule has 1 aromatic rings. The fraction of sp³-hybridized carbons (Fsp3) is 0.769. The molecule has 1 aromatic heterocycles. The van der Waals surface area contributed by atoms with Crippen LogP contribution in [0.1, 0.15) is 39.1 Å². The van der Waals surface area contributed by atoms with Crippen molar-refractivity contribution in [3.8, 4) is 0 Å². The van der Waals surface area contributed by atoms with E-state index in [1.807, 2.05) is 18.7 Å². The van der Waals surface area contributed by atoms with E-state index in [-0.39, 0.29) is 12.0 Å². The van der Waals surface area contributed by atoms with Gasteiger partial charge in [-0.15, -0.1) is 0 Å². The van der Waals surface area contributed by atoms with Gasteiger partial charge in [0.05, 0.1) is 22.0 Å². The summed E-state index contributed by atoms with van der Waals surface area (Å²) in [6.07, 6.45) is 1.50. The van der Waals surface area contributed by atoms with Crippen LogP contribution in [-0.4, -0.2) is 21.0 Å². The van der Waals surface area contributed by atoms with Crippen LogP contribution in [0.25, 0.3) is 0 Å². The van der Waals surface area contributed by atoms with Crippen molar-refractivity contribution in [1.29, 1.82) is 0 Å². The maximum absolute atomic E-state index is 9.84. The van der Waals surface area contributed by atoms with Crippen LogP contribution < -0.4 is 0 Å². The largest absolute Gasteiger partial charge is 0.393 e. The lowest BCUT2D eigenvalue weighted by atomic mass is 9.87. The highest BCUT2D eigenvalue weighted by atomic mass is 79.9. The smallest absolute Gasteiger partial charge is 0.0766 e. The van der Waals surface area contributed by atoms with Gasteiger partial charge in [0, 0.05) is 7.05 Å². The minimum Gasteiger partial charge on any atom is -0.393 e. The van der Waals surface area contributed by atoms with Crippen molar-refractivity contribution in [2.45, 2.75) is 46.6 Å². The van der Waals surface area contributed by atoms with E-state index in [4.69, 9.17) is 0 Å². The van der Waals surface area contributed by atoms with E-state index in [0.717, 1.165) is 23.0 Å². The zero-order valence-electron chi connectivity index (χ0n) is 11.4. The summed E-state index contributed by atoms with van der Waals surface area (Å²) in [6.45, 7) is 8.28.